The first-order valence-corrected chi connectivity index (χ1v) is 3.67. The second kappa shape index (κ2) is 4.14. The van der Waals surface area contributed by atoms with Crippen molar-refractivity contribution in [3.05, 3.63) is 37.5 Å². The standard InChI is InChI=1S/C10H16O/c1-5-7-10(11,8-6-2)9(3)4/h5-6,11H,1-3,7-8H2,4H3. The van der Waals surface area contributed by atoms with E-state index >= 15 is 0 Å². The van der Waals surface area contributed by atoms with Gasteiger partial charge in [-0.3, -0.25) is 0 Å². The minimum atomic E-state index is -0.830. The van der Waals surface area contributed by atoms with Gasteiger partial charge in [-0.1, -0.05) is 18.7 Å². The van der Waals surface area contributed by atoms with Gasteiger partial charge in [0.05, 0.1) is 5.60 Å². The molecule has 0 aromatic heterocycles. The molecule has 0 spiro atoms. The van der Waals surface area contributed by atoms with E-state index in [2.05, 4.69) is 19.7 Å². The largest absolute Gasteiger partial charge is 0.385 e. The Labute approximate surface area is 68.7 Å². The second-order valence-corrected chi connectivity index (χ2v) is 2.80. The maximum atomic E-state index is 9.85. The van der Waals surface area contributed by atoms with Crippen LogP contribution in [0, 0.1) is 0 Å². The quantitative estimate of drug-likeness (QED) is 0.600. The highest BCUT2D eigenvalue weighted by molar-refractivity contribution is 5.13. The first kappa shape index (κ1) is 10.2. The smallest absolute Gasteiger partial charge is 0.0919 e. The summed E-state index contributed by atoms with van der Waals surface area (Å²) in [5.74, 6) is 0. The highest BCUT2D eigenvalue weighted by Gasteiger charge is 2.23. The van der Waals surface area contributed by atoms with Gasteiger partial charge in [0.15, 0.2) is 0 Å². The number of hydrogen-bond donors (Lipinski definition) is 1. The predicted molar refractivity (Wildman–Crippen MR) is 49.4 cm³/mol. The Morgan fingerprint density at radius 2 is 1.73 bits per heavy atom. The van der Waals surface area contributed by atoms with Crippen molar-refractivity contribution in [2.24, 2.45) is 0 Å². The molecule has 62 valence electrons. The normalized spacial score (nSPS) is 10.7. The van der Waals surface area contributed by atoms with Gasteiger partial charge in [0.2, 0.25) is 0 Å². The van der Waals surface area contributed by atoms with Crippen LogP contribution in [0.15, 0.2) is 37.5 Å². The van der Waals surface area contributed by atoms with Gasteiger partial charge in [0.1, 0.15) is 0 Å². The zero-order valence-corrected chi connectivity index (χ0v) is 7.14. The zero-order valence-electron chi connectivity index (χ0n) is 7.14. The third kappa shape index (κ3) is 2.72. The highest BCUT2D eigenvalue weighted by Crippen LogP contribution is 2.23. The third-order valence-electron chi connectivity index (χ3n) is 1.76. The van der Waals surface area contributed by atoms with Crippen molar-refractivity contribution >= 4 is 0 Å². The van der Waals surface area contributed by atoms with Crippen molar-refractivity contribution < 1.29 is 5.11 Å². The monoisotopic (exact) mass is 152 g/mol. The van der Waals surface area contributed by atoms with Crippen molar-refractivity contribution in [2.75, 3.05) is 0 Å². The molecule has 1 heteroatoms. The van der Waals surface area contributed by atoms with Crippen LogP contribution in [0.5, 0.6) is 0 Å². The van der Waals surface area contributed by atoms with Gasteiger partial charge in [-0.2, -0.15) is 0 Å². The fourth-order valence-corrected chi connectivity index (χ4v) is 0.909. The predicted octanol–water partition coefficient (Wildman–Crippen LogP) is 2.45. The molecule has 0 bridgehead atoms. The van der Waals surface area contributed by atoms with Crippen molar-refractivity contribution in [3.8, 4) is 0 Å². The van der Waals surface area contributed by atoms with E-state index in [1.165, 1.54) is 0 Å². The summed E-state index contributed by atoms with van der Waals surface area (Å²) in [6, 6.07) is 0. The van der Waals surface area contributed by atoms with Crippen molar-refractivity contribution in [1.29, 1.82) is 0 Å². The summed E-state index contributed by atoms with van der Waals surface area (Å²) in [7, 11) is 0. The summed E-state index contributed by atoms with van der Waals surface area (Å²) in [4.78, 5) is 0. The van der Waals surface area contributed by atoms with E-state index < -0.39 is 5.60 Å². The van der Waals surface area contributed by atoms with Crippen LogP contribution in [0.3, 0.4) is 0 Å². The average molecular weight is 152 g/mol. The number of hydrogen-bond acceptors (Lipinski definition) is 1. The Morgan fingerprint density at radius 1 is 1.36 bits per heavy atom. The summed E-state index contributed by atoms with van der Waals surface area (Å²) in [6.45, 7) is 12.7. The molecule has 0 aromatic rings. The van der Waals surface area contributed by atoms with Crippen LogP contribution >= 0.6 is 0 Å². The van der Waals surface area contributed by atoms with Gasteiger partial charge >= 0.3 is 0 Å². The Hall–Kier alpha value is -0.820. The van der Waals surface area contributed by atoms with Crippen LogP contribution in [-0.2, 0) is 0 Å². The molecule has 0 saturated carbocycles. The Kier molecular flexibility index (Phi) is 3.83. The van der Waals surface area contributed by atoms with Crippen LogP contribution in [0.4, 0.5) is 0 Å². The molecule has 0 aromatic carbocycles. The number of rotatable bonds is 5. The Bertz CT molecular complexity index is 158. The molecule has 0 fully saturated rings. The van der Waals surface area contributed by atoms with Crippen LogP contribution in [0.1, 0.15) is 19.8 Å². The summed E-state index contributed by atoms with van der Waals surface area (Å²) in [5.41, 5.74) is -0.0685. The molecule has 0 heterocycles. The fourth-order valence-electron chi connectivity index (χ4n) is 0.909. The van der Waals surface area contributed by atoms with Crippen LogP contribution in [0.25, 0.3) is 0 Å². The molecule has 0 amide bonds. The molecule has 1 nitrogen and oxygen atoms in total. The van der Waals surface area contributed by atoms with E-state index in [0.29, 0.717) is 12.8 Å². The van der Waals surface area contributed by atoms with Crippen LogP contribution in [-0.4, -0.2) is 10.7 Å². The first-order chi connectivity index (χ1) is 5.06. The minimum Gasteiger partial charge on any atom is -0.385 e. The average Bonchev–Trinajstić information content (AvgIpc) is 1.88. The van der Waals surface area contributed by atoms with Gasteiger partial charge in [-0.15, -0.1) is 13.2 Å². The van der Waals surface area contributed by atoms with E-state index in [1.807, 2.05) is 6.92 Å². The molecule has 0 atom stereocenters. The van der Waals surface area contributed by atoms with E-state index in [-0.39, 0.29) is 0 Å². The summed E-state index contributed by atoms with van der Waals surface area (Å²) >= 11 is 0. The molecule has 0 aliphatic carbocycles. The van der Waals surface area contributed by atoms with Gasteiger partial charge in [0.25, 0.3) is 0 Å². The lowest BCUT2D eigenvalue weighted by atomic mass is 9.89. The highest BCUT2D eigenvalue weighted by atomic mass is 16.3. The van der Waals surface area contributed by atoms with Gasteiger partial charge < -0.3 is 5.11 Å². The molecular weight excluding hydrogens is 136 g/mol. The molecule has 0 aliphatic heterocycles. The van der Waals surface area contributed by atoms with E-state index in [1.54, 1.807) is 12.2 Å². The van der Waals surface area contributed by atoms with Crippen LogP contribution in [0.2, 0.25) is 0 Å². The summed E-state index contributed by atoms with van der Waals surface area (Å²) < 4.78 is 0. The molecule has 0 radical (unpaired) electrons. The van der Waals surface area contributed by atoms with Crippen molar-refractivity contribution in [3.63, 3.8) is 0 Å². The second-order valence-electron chi connectivity index (χ2n) is 2.80. The maximum absolute atomic E-state index is 9.85. The topological polar surface area (TPSA) is 20.2 Å². The fraction of sp³-hybridized carbons (Fsp3) is 0.400. The lowest BCUT2D eigenvalue weighted by Crippen LogP contribution is -2.27. The lowest BCUT2D eigenvalue weighted by molar-refractivity contribution is 0.0853. The first-order valence-electron chi connectivity index (χ1n) is 3.67. The molecule has 0 saturated heterocycles. The van der Waals surface area contributed by atoms with Crippen molar-refractivity contribution in [1.82, 2.24) is 0 Å². The molecular formula is C10H16O. The summed E-state index contributed by atoms with van der Waals surface area (Å²) in [5, 5.41) is 9.85. The zero-order chi connectivity index (χ0) is 8.91. The SMILES string of the molecule is C=CCC(O)(CC=C)C(=C)C. The lowest BCUT2D eigenvalue weighted by Gasteiger charge is -2.25. The Morgan fingerprint density at radius 3 is 1.91 bits per heavy atom. The van der Waals surface area contributed by atoms with E-state index in [9.17, 15) is 5.11 Å². The summed E-state index contributed by atoms with van der Waals surface area (Å²) in [6.07, 6.45) is 4.46. The van der Waals surface area contributed by atoms with E-state index in [4.69, 9.17) is 0 Å². The van der Waals surface area contributed by atoms with E-state index in [0.717, 1.165) is 5.57 Å². The molecule has 0 rings (SSSR count). The molecule has 0 aliphatic rings. The molecule has 0 unspecified atom stereocenters. The van der Waals surface area contributed by atoms with Gasteiger partial charge in [0, 0.05) is 0 Å². The Balaban J connectivity index is 4.35. The third-order valence-corrected chi connectivity index (χ3v) is 1.76. The maximum Gasteiger partial charge on any atom is 0.0919 e. The molecule has 1 N–H and O–H groups in total. The van der Waals surface area contributed by atoms with Crippen LogP contribution < -0.4 is 0 Å². The van der Waals surface area contributed by atoms with Crippen molar-refractivity contribution in [2.45, 2.75) is 25.4 Å². The molecule has 11 heavy (non-hydrogen) atoms. The van der Waals surface area contributed by atoms with Gasteiger partial charge in [-0.25, -0.2) is 0 Å². The minimum absolute atomic E-state index is 0.536. The number of aliphatic hydroxyl groups is 1. The van der Waals surface area contributed by atoms with Gasteiger partial charge in [-0.05, 0) is 25.3 Å².